The van der Waals surface area contributed by atoms with Gasteiger partial charge in [-0.25, -0.2) is 8.42 Å². The van der Waals surface area contributed by atoms with E-state index >= 15 is 0 Å². The van der Waals surface area contributed by atoms with Gasteiger partial charge in [0, 0.05) is 17.3 Å². The number of aromatic hydroxyl groups is 1. The minimum Gasteiger partial charge on any atom is -0.507 e. The fourth-order valence-electron chi connectivity index (χ4n) is 3.01. The predicted molar refractivity (Wildman–Crippen MR) is 100 cm³/mol. The standard InChI is InChI=1S/C19H18ClNO3S/c1-11-15(10-13-4-6-14(7-5-13)25(3,23)24)12(2)21-19-16(20)8-9-17(22)18(11)19/h4-9,22H,10H2,1-3H3. The van der Waals surface area contributed by atoms with Crippen LogP contribution in [0.15, 0.2) is 41.3 Å². The number of fused-ring (bicyclic) bond motifs is 1. The van der Waals surface area contributed by atoms with Crippen molar-refractivity contribution in [2.75, 3.05) is 6.26 Å². The molecule has 0 aliphatic carbocycles. The highest BCUT2D eigenvalue weighted by molar-refractivity contribution is 7.90. The van der Waals surface area contributed by atoms with Gasteiger partial charge in [-0.3, -0.25) is 4.98 Å². The molecular weight excluding hydrogens is 358 g/mol. The van der Waals surface area contributed by atoms with E-state index in [0.717, 1.165) is 22.4 Å². The molecule has 0 amide bonds. The van der Waals surface area contributed by atoms with Gasteiger partial charge in [-0.2, -0.15) is 0 Å². The summed E-state index contributed by atoms with van der Waals surface area (Å²) in [5.74, 6) is 0.151. The molecule has 1 heterocycles. The Morgan fingerprint density at radius 1 is 1.08 bits per heavy atom. The molecule has 0 atom stereocenters. The molecule has 0 spiro atoms. The van der Waals surface area contributed by atoms with E-state index in [1.54, 1.807) is 36.4 Å². The van der Waals surface area contributed by atoms with Crippen molar-refractivity contribution in [3.8, 4) is 5.75 Å². The van der Waals surface area contributed by atoms with Crippen LogP contribution in [0.4, 0.5) is 0 Å². The number of nitrogens with zero attached hydrogens (tertiary/aromatic N) is 1. The highest BCUT2D eigenvalue weighted by Crippen LogP contribution is 2.35. The molecule has 0 saturated carbocycles. The number of pyridine rings is 1. The lowest BCUT2D eigenvalue weighted by Crippen LogP contribution is -2.01. The van der Waals surface area contributed by atoms with Gasteiger partial charge in [-0.15, -0.1) is 0 Å². The second-order valence-electron chi connectivity index (χ2n) is 6.18. The average molecular weight is 376 g/mol. The molecule has 25 heavy (non-hydrogen) atoms. The molecule has 0 unspecified atom stereocenters. The van der Waals surface area contributed by atoms with Gasteiger partial charge in [0.15, 0.2) is 9.84 Å². The van der Waals surface area contributed by atoms with E-state index in [1.807, 2.05) is 13.8 Å². The van der Waals surface area contributed by atoms with Crippen molar-refractivity contribution < 1.29 is 13.5 Å². The summed E-state index contributed by atoms with van der Waals surface area (Å²) in [7, 11) is -3.21. The molecule has 2 aromatic carbocycles. The fourth-order valence-corrected chi connectivity index (χ4v) is 3.84. The van der Waals surface area contributed by atoms with Gasteiger partial charge < -0.3 is 5.11 Å². The number of rotatable bonds is 3. The first-order chi connectivity index (χ1) is 11.7. The number of aryl methyl sites for hydroxylation is 2. The van der Waals surface area contributed by atoms with Gasteiger partial charge >= 0.3 is 0 Å². The van der Waals surface area contributed by atoms with E-state index in [1.165, 1.54) is 6.26 Å². The van der Waals surface area contributed by atoms with Gasteiger partial charge in [0.2, 0.25) is 0 Å². The Kier molecular flexibility index (Phi) is 4.47. The van der Waals surface area contributed by atoms with E-state index in [0.29, 0.717) is 27.2 Å². The monoisotopic (exact) mass is 375 g/mol. The quantitative estimate of drug-likeness (QED) is 0.744. The third kappa shape index (κ3) is 3.34. The summed E-state index contributed by atoms with van der Waals surface area (Å²) in [6.45, 7) is 3.85. The minimum absolute atomic E-state index is 0.151. The zero-order chi connectivity index (χ0) is 18.4. The molecule has 1 N–H and O–H groups in total. The fraction of sp³-hybridized carbons (Fsp3) is 0.211. The van der Waals surface area contributed by atoms with Crippen molar-refractivity contribution in [1.82, 2.24) is 4.98 Å². The van der Waals surface area contributed by atoms with Crippen molar-refractivity contribution in [3.05, 3.63) is 63.8 Å². The summed E-state index contributed by atoms with van der Waals surface area (Å²) < 4.78 is 23.2. The molecule has 3 aromatic rings. The first-order valence-electron chi connectivity index (χ1n) is 7.74. The second kappa shape index (κ2) is 6.32. The Bertz CT molecular complexity index is 1070. The largest absolute Gasteiger partial charge is 0.507 e. The van der Waals surface area contributed by atoms with Crippen molar-refractivity contribution in [1.29, 1.82) is 0 Å². The van der Waals surface area contributed by atoms with Crippen LogP contribution in [-0.4, -0.2) is 24.8 Å². The first kappa shape index (κ1) is 17.7. The van der Waals surface area contributed by atoms with Gasteiger partial charge in [0.1, 0.15) is 5.75 Å². The van der Waals surface area contributed by atoms with Crippen LogP contribution < -0.4 is 0 Å². The molecule has 0 bridgehead atoms. The Balaban J connectivity index is 2.09. The number of aromatic nitrogens is 1. The number of benzene rings is 2. The SMILES string of the molecule is Cc1nc2c(Cl)ccc(O)c2c(C)c1Cc1ccc(S(C)(=O)=O)cc1. The van der Waals surface area contributed by atoms with Crippen LogP contribution >= 0.6 is 11.6 Å². The lowest BCUT2D eigenvalue weighted by molar-refractivity contribution is 0.481. The zero-order valence-corrected chi connectivity index (χ0v) is 15.7. The summed E-state index contributed by atoms with van der Waals surface area (Å²) in [5, 5.41) is 11.4. The average Bonchev–Trinajstić information content (AvgIpc) is 2.54. The van der Waals surface area contributed by atoms with Gasteiger partial charge in [0.05, 0.1) is 15.4 Å². The highest BCUT2D eigenvalue weighted by Gasteiger charge is 2.15. The number of phenolic OH excluding ortho intramolecular Hbond substituents is 1. The van der Waals surface area contributed by atoms with Gasteiger partial charge in [-0.1, -0.05) is 23.7 Å². The molecular formula is C19H18ClNO3S. The lowest BCUT2D eigenvalue weighted by Gasteiger charge is -2.14. The summed E-state index contributed by atoms with van der Waals surface area (Å²) in [6, 6.07) is 10.0. The molecule has 0 aliphatic rings. The number of hydrogen-bond donors (Lipinski definition) is 1. The van der Waals surface area contributed by atoms with Gasteiger partial charge in [-0.05, 0) is 61.2 Å². The molecule has 4 nitrogen and oxygen atoms in total. The maximum atomic E-state index is 11.6. The van der Waals surface area contributed by atoms with Crippen molar-refractivity contribution >= 4 is 32.3 Å². The maximum absolute atomic E-state index is 11.6. The topological polar surface area (TPSA) is 67.3 Å². The van der Waals surface area contributed by atoms with Crippen LogP contribution in [0.3, 0.4) is 0 Å². The summed E-state index contributed by atoms with van der Waals surface area (Å²) in [5.41, 5.74) is 4.32. The normalized spacial score (nSPS) is 11.8. The summed E-state index contributed by atoms with van der Waals surface area (Å²) in [4.78, 5) is 4.86. The molecule has 1 aromatic heterocycles. The maximum Gasteiger partial charge on any atom is 0.175 e. The molecule has 0 radical (unpaired) electrons. The highest BCUT2D eigenvalue weighted by atomic mass is 35.5. The number of phenols is 1. The third-order valence-corrected chi connectivity index (χ3v) is 5.82. The smallest absolute Gasteiger partial charge is 0.175 e. The minimum atomic E-state index is -3.21. The van der Waals surface area contributed by atoms with Crippen LogP contribution in [0.25, 0.3) is 10.9 Å². The van der Waals surface area contributed by atoms with Crippen LogP contribution in [-0.2, 0) is 16.3 Å². The molecule has 3 rings (SSSR count). The van der Waals surface area contributed by atoms with E-state index in [2.05, 4.69) is 4.98 Å². The van der Waals surface area contributed by atoms with Crippen LogP contribution in [0, 0.1) is 13.8 Å². The Hall–Kier alpha value is -2.11. The van der Waals surface area contributed by atoms with E-state index in [4.69, 9.17) is 11.6 Å². The number of sulfone groups is 1. The predicted octanol–water partition coefficient (Wildman–Crippen LogP) is 4.20. The van der Waals surface area contributed by atoms with Crippen LogP contribution in [0.2, 0.25) is 5.02 Å². The number of hydrogen-bond acceptors (Lipinski definition) is 4. The molecule has 0 aliphatic heterocycles. The van der Waals surface area contributed by atoms with Crippen molar-refractivity contribution in [2.24, 2.45) is 0 Å². The lowest BCUT2D eigenvalue weighted by atomic mass is 9.96. The molecule has 6 heteroatoms. The zero-order valence-electron chi connectivity index (χ0n) is 14.2. The Morgan fingerprint density at radius 2 is 1.72 bits per heavy atom. The van der Waals surface area contributed by atoms with E-state index in [9.17, 15) is 13.5 Å². The second-order valence-corrected chi connectivity index (χ2v) is 8.61. The Labute approximate surface area is 152 Å². The Morgan fingerprint density at radius 3 is 2.32 bits per heavy atom. The third-order valence-electron chi connectivity index (χ3n) is 4.38. The van der Waals surface area contributed by atoms with Crippen LogP contribution in [0.5, 0.6) is 5.75 Å². The summed E-state index contributed by atoms with van der Waals surface area (Å²) in [6.07, 6.45) is 1.78. The molecule has 0 fully saturated rings. The molecule has 130 valence electrons. The number of halogens is 1. The first-order valence-corrected chi connectivity index (χ1v) is 10.0. The van der Waals surface area contributed by atoms with E-state index in [-0.39, 0.29) is 5.75 Å². The van der Waals surface area contributed by atoms with Crippen molar-refractivity contribution in [2.45, 2.75) is 25.2 Å². The van der Waals surface area contributed by atoms with Crippen LogP contribution in [0.1, 0.15) is 22.4 Å². The van der Waals surface area contributed by atoms with Gasteiger partial charge in [0.25, 0.3) is 0 Å². The summed E-state index contributed by atoms with van der Waals surface area (Å²) >= 11 is 6.22. The van der Waals surface area contributed by atoms with E-state index < -0.39 is 9.84 Å². The molecule has 0 saturated heterocycles. The van der Waals surface area contributed by atoms with Crippen molar-refractivity contribution in [3.63, 3.8) is 0 Å².